The number of fused-ring (bicyclic) bond motifs is 1. The van der Waals surface area contributed by atoms with E-state index in [2.05, 4.69) is 15.6 Å². The van der Waals surface area contributed by atoms with E-state index in [1.165, 1.54) is 11.3 Å². The lowest BCUT2D eigenvalue weighted by Crippen LogP contribution is -2.34. The van der Waals surface area contributed by atoms with E-state index in [1.54, 1.807) is 18.2 Å². The maximum Gasteiger partial charge on any atom is 0.251 e. The number of amides is 2. The largest absolute Gasteiger partial charge is 0.375 e. The summed E-state index contributed by atoms with van der Waals surface area (Å²) >= 11 is 1.34. The third-order valence-electron chi connectivity index (χ3n) is 2.75. The third-order valence-corrected chi connectivity index (χ3v) is 3.60. The van der Waals surface area contributed by atoms with Crippen LogP contribution in [-0.2, 0) is 4.79 Å². The molecular formula is C14H18N4O2S. The first-order valence-corrected chi connectivity index (χ1v) is 7.51. The average molecular weight is 306 g/mol. The summed E-state index contributed by atoms with van der Waals surface area (Å²) in [5.74, 6) is -0.280. The first-order chi connectivity index (χ1) is 9.95. The molecule has 2 aromatic rings. The average Bonchev–Trinajstić information content (AvgIpc) is 2.76. The van der Waals surface area contributed by atoms with Crippen LogP contribution in [0, 0.1) is 0 Å². The molecule has 0 aliphatic carbocycles. The topological polar surface area (TPSA) is 97.1 Å². The summed E-state index contributed by atoms with van der Waals surface area (Å²) < 4.78 is 0.873. The molecule has 6 nitrogen and oxygen atoms in total. The molecule has 0 saturated carbocycles. The summed E-state index contributed by atoms with van der Waals surface area (Å²) in [6.07, 6.45) is 0.264. The number of rotatable bonds is 5. The zero-order chi connectivity index (χ0) is 15.4. The predicted molar refractivity (Wildman–Crippen MR) is 84.3 cm³/mol. The number of carbonyl (C=O) groups excluding carboxylic acids is 2. The fourth-order valence-corrected chi connectivity index (χ4v) is 2.64. The Hall–Kier alpha value is -2.15. The van der Waals surface area contributed by atoms with Crippen LogP contribution in [0.3, 0.4) is 0 Å². The van der Waals surface area contributed by atoms with Crippen LogP contribution in [0.1, 0.15) is 30.6 Å². The minimum atomic E-state index is -0.207. The van der Waals surface area contributed by atoms with Crippen LogP contribution in [0.5, 0.6) is 0 Å². The third kappa shape index (κ3) is 4.16. The molecule has 0 atom stereocenters. The van der Waals surface area contributed by atoms with Crippen LogP contribution in [0.2, 0.25) is 0 Å². The molecule has 1 heterocycles. The molecule has 4 N–H and O–H groups in total. The SMILES string of the molecule is CC(C)NC(=O)CCNC(=O)c1ccc2nc(N)sc2c1. The number of carbonyl (C=O) groups is 2. The number of hydrogen-bond donors (Lipinski definition) is 3. The summed E-state index contributed by atoms with van der Waals surface area (Å²) in [4.78, 5) is 27.6. The number of thiazole rings is 1. The zero-order valence-electron chi connectivity index (χ0n) is 12.0. The number of nitrogens with two attached hydrogens (primary N) is 1. The van der Waals surface area contributed by atoms with Gasteiger partial charge in [-0.1, -0.05) is 11.3 Å². The quantitative estimate of drug-likeness (QED) is 0.780. The van der Waals surface area contributed by atoms with Gasteiger partial charge in [-0.3, -0.25) is 9.59 Å². The Morgan fingerprint density at radius 2 is 2.14 bits per heavy atom. The zero-order valence-corrected chi connectivity index (χ0v) is 12.8. The Morgan fingerprint density at radius 1 is 1.38 bits per heavy atom. The lowest BCUT2D eigenvalue weighted by molar-refractivity contribution is -0.121. The van der Waals surface area contributed by atoms with E-state index in [1.807, 2.05) is 13.8 Å². The van der Waals surface area contributed by atoms with Crippen LogP contribution in [0.15, 0.2) is 18.2 Å². The molecule has 0 radical (unpaired) electrons. The van der Waals surface area contributed by atoms with Crippen molar-refractivity contribution in [3.8, 4) is 0 Å². The monoisotopic (exact) mass is 306 g/mol. The van der Waals surface area contributed by atoms with Crippen molar-refractivity contribution in [1.82, 2.24) is 15.6 Å². The second-order valence-corrected chi connectivity index (χ2v) is 6.02. The number of nitrogens with zero attached hydrogens (tertiary/aromatic N) is 1. The maximum atomic E-state index is 12.0. The fourth-order valence-electron chi connectivity index (χ4n) is 1.87. The molecule has 112 valence electrons. The molecule has 7 heteroatoms. The second-order valence-electron chi connectivity index (χ2n) is 4.96. The standard InChI is InChI=1S/C14H18N4O2S/c1-8(2)17-12(19)5-6-16-13(20)9-3-4-10-11(7-9)21-14(15)18-10/h3-4,7-8H,5-6H2,1-2H3,(H2,15,18)(H,16,20)(H,17,19). The summed E-state index contributed by atoms with van der Waals surface area (Å²) in [6, 6.07) is 5.33. The summed E-state index contributed by atoms with van der Waals surface area (Å²) in [6.45, 7) is 4.10. The highest BCUT2D eigenvalue weighted by atomic mass is 32.1. The van der Waals surface area contributed by atoms with Crippen molar-refractivity contribution in [1.29, 1.82) is 0 Å². The molecule has 0 aliphatic rings. The first-order valence-electron chi connectivity index (χ1n) is 6.69. The molecule has 0 fully saturated rings. The van der Waals surface area contributed by atoms with Gasteiger partial charge in [0.25, 0.3) is 5.91 Å². The molecule has 1 aromatic heterocycles. The highest BCUT2D eigenvalue weighted by Crippen LogP contribution is 2.24. The van der Waals surface area contributed by atoms with Gasteiger partial charge in [0.2, 0.25) is 5.91 Å². The van der Waals surface area contributed by atoms with Gasteiger partial charge in [-0.05, 0) is 32.0 Å². The van der Waals surface area contributed by atoms with Gasteiger partial charge in [-0.15, -0.1) is 0 Å². The summed E-state index contributed by atoms with van der Waals surface area (Å²) in [5.41, 5.74) is 6.95. The van der Waals surface area contributed by atoms with Gasteiger partial charge in [0.1, 0.15) is 0 Å². The van der Waals surface area contributed by atoms with E-state index in [0.717, 1.165) is 10.2 Å². The van der Waals surface area contributed by atoms with E-state index in [0.29, 0.717) is 17.2 Å². The molecule has 0 unspecified atom stereocenters. The number of aromatic nitrogens is 1. The number of anilines is 1. The lowest BCUT2D eigenvalue weighted by atomic mass is 10.2. The van der Waals surface area contributed by atoms with Gasteiger partial charge in [-0.25, -0.2) is 4.98 Å². The Balaban J connectivity index is 1.91. The molecule has 2 rings (SSSR count). The molecule has 0 spiro atoms. The van der Waals surface area contributed by atoms with Crippen molar-refractivity contribution in [3.63, 3.8) is 0 Å². The van der Waals surface area contributed by atoms with Gasteiger partial charge in [-0.2, -0.15) is 0 Å². The minimum Gasteiger partial charge on any atom is -0.375 e. The van der Waals surface area contributed by atoms with Gasteiger partial charge in [0, 0.05) is 24.6 Å². The number of hydrogen-bond acceptors (Lipinski definition) is 5. The molecule has 1 aromatic carbocycles. The van der Waals surface area contributed by atoms with Crippen LogP contribution in [0.4, 0.5) is 5.13 Å². The van der Waals surface area contributed by atoms with Crippen molar-refractivity contribution < 1.29 is 9.59 Å². The van der Waals surface area contributed by atoms with Crippen LogP contribution in [0.25, 0.3) is 10.2 Å². The van der Waals surface area contributed by atoms with E-state index in [9.17, 15) is 9.59 Å². The number of benzene rings is 1. The minimum absolute atomic E-state index is 0.0732. The van der Waals surface area contributed by atoms with Crippen LogP contribution in [-0.4, -0.2) is 29.4 Å². The highest BCUT2D eigenvalue weighted by molar-refractivity contribution is 7.22. The van der Waals surface area contributed by atoms with E-state index in [4.69, 9.17) is 5.73 Å². The van der Waals surface area contributed by atoms with Crippen LogP contribution >= 0.6 is 11.3 Å². The lowest BCUT2D eigenvalue weighted by Gasteiger charge is -2.09. The predicted octanol–water partition coefficient (Wildman–Crippen LogP) is 1.52. The second kappa shape index (κ2) is 6.53. The summed E-state index contributed by atoms with van der Waals surface area (Å²) in [5, 5.41) is 5.98. The first kappa shape index (κ1) is 15.2. The van der Waals surface area contributed by atoms with Crippen molar-refractivity contribution in [2.75, 3.05) is 12.3 Å². The molecule has 21 heavy (non-hydrogen) atoms. The van der Waals surface area contributed by atoms with Crippen molar-refractivity contribution in [2.24, 2.45) is 0 Å². The Bertz CT molecular complexity index is 666. The van der Waals surface area contributed by atoms with Gasteiger partial charge in [0.05, 0.1) is 10.2 Å². The molecule has 2 amide bonds. The van der Waals surface area contributed by atoms with Crippen molar-refractivity contribution >= 4 is 38.5 Å². The molecular weight excluding hydrogens is 288 g/mol. The fraction of sp³-hybridized carbons (Fsp3) is 0.357. The maximum absolute atomic E-state index is 12.0. The Morgan fingerprint density at radius 3 is 2.86 bits per heavy atom. The van der Waals surface area contributed by atoms with Crippen molar-refractivity contribution in [3.05, 3.63) is 23.8 Å². The highest BCUT2D eigenvalue weighted by Gasteiger charge is 2.09. The van der Waals surface area contributed by atoms with E-state index in [-0.39, 0.29) is 24.3 Å². The molecule has 0 aliphatic heterocycles. The van der Waals surface area contributed by atoms with E-state index < -0.39 is 0 Å². The van der Waals surface area contributed by atoms with Crippen molar-refractivity contribution in [2.45, 2.75) is 26.3 Å². The van der Waals surface area contributed by atoms with Gasteiger partial charge < -0.3 is 16.4 Å². The molecule has 0 bridgehead atoms. The summed E-state index contributed by atoms with van der Waals surface area (Å²) in [7, 11) is 0. The Kier molecular flexibility index (Phi) is 4.74. The molecule has 0 saturated heterocycles. The van der Waals surface area contributed by atoms with Crippen LogP contribution < -0.4 is 16.4 Å². The number of nitrogens with one attached hydrogen (secondary N) is 2. The normalized spacial score (nSPS) is 10.8. The smallest absolute Gasteiger partial charge is 0.251 e. The van der Waals surface area contributed by atoms with Gasteiger partial charge in [0.15, 0.2) is 5.13 Å². The van der Waals surface area contributed by atoms with Gasteiger partial charge >= 0.3 is 0 Å². The van der Waals surface area contributed by atoms with E-state index >= 15 is 0 Å². The Labute approximate surface area is 126 Å². The number of nitrogen functional groups attached to an aromatic ring is 1.